The molecular formula is C29H17F2N3. The topological polar surface area (TPSA) is 49.6 Å². The fourth-order valence-corrected chi connectivity index (χ4v) is 3.76. The van der Waals surface area contributed by atoms with E-state index in [9.17, 15) is 14.0 Å². The van der Waals surface area contributed by atoms with Crippen molar-refractivity contribution in [2.75, 3.05) is 0 Å². The van der Waals surface area contributed by atoms with Gasteiger partial charge < -0.3 is 0 Å². The fourth-order valence-electron chi connectivity index (χ4n) is 3.76. The molecule has 1 heterocycles. The molecule has 1 aromatic heterocycles. The molecule has 0 aliphatic heterocycles. The molecule has 0 radical (unpaired) electrons. The van der Waals surface area contributed by atoms with Crippen molar-refractivity contribution >= 4 is 0 Å². The van der Waals surface area contributed by atoms with Crippen molar-refractivity contribution in [1.82, 2.24) is 9.97 Å². The van der Waals surface area contributed by atoms with Gasteiger partial charge in [-0.2, -0.15) is 5.26 Å². The third-order valence-electron chi connectivity index (χ3n) is 5.48. The zero-order valence-corrected chi connectivity index (χ0v) is 17.9. The van der Waals surface area contributed by atoms with Crippen molar-refractivity contribution < 1.29 is 8.78 Å². The third-order valence-corrected chi connectivity index (χ3v) is 5.48. The van der Waals surface area contributed by atoms with E-state index in [1.807, 2.05) is 72.8 Å². The summed E-state index contributed by atoms with van der Waals surface area (Å²) < 4.78 is 29.4. The summed E-state index contributed by atoms with van der Waals surface area (Å²) in [5.41, 5.74) is 4.00. The number of nitriles is 1. The van der Waals surface area contributed by atoms with Gasteiger partial charge in [-0.1, -0.05) is 60.7 Å². The highest BCUT2D eigenvalue weighted by atomic mass is 19.1. The summed E-state index contributed by atoms with van der Waals surface area (Å²) in [6.07, 6.45) is 0. The number of benzene rings is 4. The van der Waals surface area contributed by atoms with Gasteiger partial charge in [-0.05, 0) is 42.5 Å². The van der Waals surface area contributed by atoms with E-state index in [0.717, 1.165) is 11.1 Å². The van der Waals surface area contributed by atoms with Crippen LogP contribution in [0.5, 0.6) is 0 Å². The maximum absolute atomic E-state index is 14.8. The van der Waals surface area contributed by atoms with Crippen molar-refractivity contribution in [2.45, 2.75) is 0 Å². The summed E-state index contributed by atoms with van der Waals surface area (Å²) in [6.45, 7) is 0. The van der Waals surface area contributed by atoms with Crippen LogP contribution in [0.15, 0.2) is 103 Å². The van der Waals surface area contributed by atoms with Gasteiger partial charge in [0.1, 0.15) is 11.6 Å². The first-order valence-corrected chi connectivity index (χ1v) is 10.6. The maximum atomic E-state index is 14.8. The second-order valence-corrected chi connectivity index (χ2v) is 7.70. The molecule has 0 atom stereocenters. The highest BCUT2D eigenvalue weighted by molar-refractivity contribution is 5.76. The summed E-state index contributed by atoms with van der Waals surface area (Å²) in [5.74, 6) is -0.661. The number of nitrogens with zero attached hydrogens (tertiary/aromatic N) is 3. The van der Waals surface area contributed by atoms with Crippen LogP contribution in [0, 0.1) is 23.0 Å². The Morgan fingerprint density at radius 2 is 1.12 bits per heavy atom. The molecule has 0 amide bonds. The standard InChI is InChI=1S/C29H17F2N3/c30-25-13-11-19(18-32)15-23(25)24-16-22(12-14-26(24)31)28-17-27(20-7-3-1-4-8-20)33-29(34-28)21-9-5-2-6-10-21/h1-17H. The maximum Gasteiger partial charge on any atom is 0.160 e. The molecule has 0 aliphatic carbocycles. The lowest BCUT2D eigenvalue weighted by molar-refractivity contribution is 0.616. The lowest BCUT2D eigenvalue weighted by Crippen LogP contribution is -1.97. The van der Waals surface area contributed by atoms with Gasteiger partial charge in [0.2, 0.25) is 0 Å². The van der Waals surface area contributed by atoms with E-state index in [1.54, 1.807) is 12.1 Å². The fraction of sp³-hybridized carbons (Fsp3) is 0. The van der Waals surface area contributed by atoms with E-state index in [0.29, 0.717) is 22.8 Å². The van der Waals surface area contributed by atoms with Crippen LogP contribution in [0.25, 0.3) is 45.0 Å². The SMILES string of the molecule is N#Cc1ccc(F)c(-c2cc(-c3cc(-c4ccccc4)nc(-c4ccccc4)n3)ccc2F)c1. The molecule has 34 heavy (non-hydrogen) atoms. The van der Waals surface area contributed by atoms with Gasteiger partial charge in [-0.3, -0.25) is 0 Å². The molecule has 5 heteroatoms. The molecule has 0 N–H and O–H groups in total. The lowest BCUT2D eigenvalue weighted by Gasteiger charge is -2.11. The van der Waals surface area contributed by atoms with Crippen LogP contribution in [0.3, 0.4) is 0 Å². The Bertz CT molecular complexity index is 1470. The van der Waals surface area contributed by atoms with E-state index >= 15 is 0 Å². The molecule has 0 aliphatic rings. The second kappa shape index (κ2) is 9.05. The highest BCUT2D eigenvalue weighted by Gasteiger charge is 2.15. The summed E-state index contributed by atoms with van der Waals surface area (Å²) >= 11 is 0. The minimum atomic E-state index is -0.604. The van der Waals surface area contributed by atoms with E-state index in [4.69, 9.17) is 9.97 Å². The molecule has 5 aromatic rings. The van der Waals surface area contributed by atoms with Gasteiger partial charge in [-0.15, -0.1) is 0 Å². The van der Waals surface area contributed by atoms with Gasteiger partial charge in [0, 0.05) is 27.8 Å². The van der Waals surface area contributed by atoms with E-state index in [-0.39, 0.29) is 16.7 Å². The van der Waals surface area contributed by atoms with Crippen LogP contribution >= 0.6 is 0 Å². The molecule has 0 fully saturated rings. The van der Waals surface area contributed by atoms with Crippen LogP contribution in [0.1, 0.15) is 5.56 Å². The van der Waals surface area contributed by atoms with Gasteiger partial charge in [0.05, 0.1) is 23.0 Å². The molecule has 162 valence electrons. The average Bonchev–Trinajstić information content (AvgIpc) is 2.90. The van der Waals surface area contributed by atoms with E-state index < -0.39 is 11.6 Å². The smallest absolute Gasteiger partial charge is 0.160 e. The Morgan fingerprint density at radius 1 is 0.559 bits per heavy atom. The number of rotatable bonds is 4. The molecule has 0 unspecified atom stereocenters. The van der Waals surface area contributed by atoms with Crippen LogP contribution in [-0.4, -0.2) is 9.97 Å². The summed E-state index contributed by atoms with van der Waals surface area (Å²) in [7, 11) is 0. The molecular weight excluding hydrogens is 428 g/mol. The minimum absolute atomic E-state index is 0.0269. The van der Waals surface area contributed by atoms with Gasteiger partial charge >= 0.3 is 0 Å². The van der Waals surface area contributed by atoms with Crippen molar-refractivity contribution in [3.63, 3.8) is 0 Å². The first-order chi connectivity index (χ1) is 16.6. The second-order valence-electron chi connectivity index (χ2n) is 7.70. The van der Waals surface area contributed by atoms with Crippen molar-refractivity contribution in [1.29, 1.82) is 5.26 Å². The van der Waals surface area contributed by atoms with E-state index in [1.165, 1.54) is 24.3 Å². The van der Waals surface area contributed by atoms with E-state index in [2.05, 4.69) is 0 Å². The summed E-state index contributed by atoms with van der Waals surface area (Å²) in [5, 5.41) is 9.20. The monoisotopic (exact) mass is 445 g/mol. The van der Waals surface area contributed by atoms with Crippen molar-refractivity contribution in [3.8, 4) is 51.1 Å². The molecule has 4 aromatic carbocycles. The number of hydrogen-bond donors (Lipinski definition) is 0. The predicted molar refractivity (Wildman–Crippen MR) is 128 cm³/mol. The summed E-state index contributed by atoms with van der Waals surface area (Å²) in [4.78, 5) is 9.49. The van der Waals surface area contributed by atoms with Crippen molar-refractivity contribution in [3.05, 3.63) is 120 Å². The molecule has 0 saturated carbocycles. The molecule has 0 bridgehead atoms. The largest absolute Gasteiger partial charge is 0.228 e. The third kappa shape index (κ3) is 4.17. The zero-order valence-electron chi connectivity index (χ0n) is 17.9. The normalized spacial score (nSPS) is 10.6. The summed E-state index contributed by atoms with van der Waals surface area (Å²) in [6, 6.07) is 31.4. The highest BCUT2D eigenvalue weighted by Crippen LogP contribution is 2.33. The Hall–Kier alpha value is -4.69. The first-order valence-electron chi connectivity index (χ1n) is 10.6. The van der Waals surface area contributed by atoms with Crippen LogP contribution in [-0.2, 0) is 0 Å². The van der Waals surface area contributed by atoms with Crippen LogP contribution in [0.2, 0.25) is 0 Å². The number of aromatic nitrogens is 2. The Morgan fingerprint density at radius 3 is 1.76 bits per heavy atom. The zero-order chi connectivity index (χ0) is 23.5. The van der Waals surface area contributed by atoms with Crippen molar-refractivity contribution in [2.24, 2.45) is 0 Å². The van der Waals surface area contributed by atoms with Gasteiger partial charge in [0.15, 0.2) is 5.82 Å². The van der Waals surface area contributed by atoms with Crippen LogP contribution < -0.4 is 0 Å². The first kappa shape index (κ1) is 21.2. The minimum Gasteiger partial charge on any atom is -0.228 e. The Kier molecular flexibility index (Phi) is 5.63. The van der Waals surface area contributed by atoms with Gasteiger partial charge in [0.25, 0.3) is 0 Å². The average molecular weight is 445 g/mol. The quantitative estimate of drug-likeness (QED) is 0.292. The number of hydrogen-bond acceptors (Lipinski definition) is 3. The molecule has 0 spiro atoms. The lowest BCUT2D eigenvalue weighted by atomic mass is 9.98. The Balaban J connectivity index is 1.70. The van der Waals surface area contributed by atoms with Crippen LogP contribution in [0.4, 0.5) is 8.78 Å². The predicted octanol–water partition coefficient (Wildman–Crippen LogP) is 7.29. The Labute approximate surface area is 195 Å². The molecule has 3 nitrogen and oxygen atoms in total. The molecule has 5 rings (SSSR count). The molecule has 0 saturated heterocycles. The number of halogens is 2. The van der Waals surface area contributed by atoms with Gasteiger partial charge in [-0.25, -0.2) is 18.7 Å².